The molecule has 0 radical (unpaired) electrons. The summed E-state index contributed by atoms with van der Waals surface area (Å²) in [7, 11) is 3.49. The van der Waals surface area contributed by atoms with Crippen LogP contribution in [0.25, 0.3) is 0 Å². The average molecular weight is 259 g/mol. The van der Waals surface area contributed by atoms with Crippen LogP contribution in [0.5, 0.6) is 0 Å². The molecule has 1 aromatic heterocycles. The average Bonchev–Trinajstić information content (AvgIpc) is 2.83. The molecule has 1 aromatic carbocycles. The number of anilines is 2. The highest BCUT2D eigenvalue weighted by molar-refractivity contribution is 5.89. The number of carbonyl (C=O) groups excluding carboxylic acids is 1. The smallest absolute Gasteiger partial charge is 0.318 e. The second kappa shape index (κ2) is 5.90. The second-order valence-electron chi connectivity index (χ2n) is 4.08. The van der Waals surface area contributed by atoms with Crippen molar-refractivity contribution in [1.82, 2.24) is 15.1 Å². The molecule has 0 bridgehead atoms. The predicted octanol–water partition coefficient (Wildman–Crippen LogP) is 1.78. The highest BCUT2D eigenvalue weighted by atomic mass is 16.2. The maximum atomic E-state index is 11.1. The second-order valence-corrected chi connectivity index (χ2v) is 4.08. The fraction of sp³-hybridized carbons (Fsp3) is 0.231. The lowest BCUT2D eigenvalue weighted by Crippen LogP contribution is -2.24. The van der Waals surface area contributed by atoms with Crippen molar-refractivity contribution in [2.75, 3.05) is 17.7 Å². The van der Waals surface area contributed by atoms with Gasteiger partial charge in [0.25, 0.3) is 0 Å². The van der Waals surface area contributed by atoms with Crippen molar-refractivity contribution in [3.05, 3.63) is 42.2 Å². The van der Waals surface area contributed by atoms with Gasteiger partial charge in [-0.1, -0.05) is 0 Å². The van der Waals surface area contributed by atoms with E-state index < -0.39 is 0 Å². The van der Waals surface area contributed by atoms with Crippen LogP contribution in [0, 0.1) is 0 Å². The maximum Gasteiger partial charge on any atom is 0.318 e. The van der Waals surface area contributed by atoms with Gasteiger partial charge >= 0.3 is 6.03 Å². The van der Waals surface area contributed by atoms with Crippen LogP contribution in [0.3, 0.4) is 0 Å². The zero-order valence-electron chi connectivity index (χ0n) is 11.0. The number of aromatic nitrogens is 2. The van der Waals surface area contributed by atoms with E-state index in [-0.39, 0.29) is 6.03 Å². The van der Waals surface area contributed by atoms with Gasteiger partial charge in [-0.05, 0) is 30.3 Å². The third-order valence-corrected chi connectivity index (χ3v) is 2.77. The van der Waals surface area contributed by atoms with Gasteiger partial charge in [-0.3, -0.25) is 4.68 Å². The Morgan fingerprint density at radius 1 is 1.21 bits per heavy atom. The molecule has 0 saturated carbocycles. The van der Waals surface area contributed by atoms with Crippen LogP contribution in [0.4, 0.5) is 16.2 Å². The third kappa shape index (κ3) is 3.48. The molecule has 0 aliphatic carbocycles. The van der Waals surface area contributed by atoms with Gasteiger partial charge in [0.1, 0.15) is 0 Å². The Morgan fingerprint density at radius 3 is 2.47 bits per heavy atom. The van der Waals surface area contributed by atoms with Gasteiger partial charge in [0, 0.05) is 31.7 Å². The molecule has 6 nitrogen and oxygen atoms in total. The fourth-order valence-corrected chi connectivity index (χ4v) is 1.63. The predicted molar refractivity (Wildman–Crippen MR) is 75.1 cm³/mol. The summed E-state index contributed by atoms with van der Waals surface area (Å²) in [5, 5.41) is 12.6. The standard InChI is InChI=1S/C13H17N5O/c1-14-13(19)17-11-5-3-10(4-6-11)15-9-12-7-8-16-18(12)2/h3-8,15H,9H2,1-2H3,(H2,14,17,19). The monoisotopic (exact) mass is 259 g/mol. The topological polar surface area (TPSA) is 71.0 Å². The Kier molecular flexibility index (Phi) is 4.02. The van der Waals surface area contributed by atoms with Gasteiger partial charge < -0.3 is 16.0 Å². The van der Waals surface area contributed by atoms with Crippen LogP contribution >= 0.6 is 0 Å². The van der Waals surface area contributed by atoms with E-state index in [2.05, 4.69) is 21.0 Å². The van der Waals surface area contributed by atoms with Crippen LogP contribution in [0.1, 0.15) is 5.69 Å². The number of benzene rings is 1. The molecule has 3 N–H and O–H groups in total. The highest BCUT2D eigenvalue weighted by Gasteiger charge is 2.00. The van der Waals surface area contributed by atoms with Crippen molar-refractivity contribution >= 4 is 17.4 Å². The van der Waals surface area contributed by atoms with Crippen molar-refractivity contribution in [3.63, 3.8) is 0 Å². The number of urea groups is 1. The van der Waals surface area contributed by atoms with E-state index in [1.165, 1.54) is 0 Å². The van der Waals surface area contributed by atoms with Crippen LogP contribution < -0.4 is 16.0 Å². The SMILES string of the molecule is CNC(=O)Nc1ccc(NCc2ccnn2C)cc1. The first-order valence-corrected chi connectivity index (χ1v) is 5.98. The lowest BCUT2D eigenvalue weighted by molar-refractivity contribution is 0.254. The summed E-state index contributed by atoms with van der Waals surface area (Å²) in [5.41, 5.74) is 2.85. The van der Waals surface area contributed by atoms with E-state index in [4.69, 9.17) is 0 Å². The summed E-state index contributed by atoms with van der Waals surface area (Å²) in [4.78, 5) is 11.1. The maximum absolute atomic E-state index is 11.1. The quantitative estimate of drug-likeness (QED) is 0.784. The number of nitrogens with zero attached hydrogens (tertiary/aromatic N) is 2. The van der Waals surface area contributed by atoms with Gasteiger partial charge in [0.15, 0.2) is 0 Å². The first-order chi connectivity index (χ1) is 9.19. The molecule has 2 amide bonds. The van der Waals surface area contributed by atoms with E-state index in [9.17, 15) is 4.79 Å². The van der Waals surface area contributed by atoms with Gasteiger partial charge in [0.05, 0.1) is 12.2 Å². The molecule has 0 atom stereocenters. The summed E-state index contributed by atoms with van der Waals surface area (Å²) in [6.45, 7) is 0.707. The van der Waals surface area contributed by atoms with Crippen molar-refractivity contribution in [1.29, 1.82) is 0 Å². The minimum atomic E-state index is -0.226. The molecule has 0 aliphatic rings. The summed E-state index contributed by atoms with van der Waals surface area (Å²) < 4.78 is 1.83. The zero-order chi connectivity index (χ0) is 13.7. The molecule has 0 unspecified atom stereocenters. The molecule has 1 heterocycles. The number of nitrogens with one attached hydrogen (secondary N) is 3. The number of aryl methyl sites for hydroxylation is 1. The summed E-state index contributed by atoms with van der Waals surface area (Å²) in [6, 6.07) is 9.27. The Labute approximate surface area is 111 Å². The van der Waals surface area contributed by atoms with Crippen LogP contribution in [0.15, 0.2) is 36.5 Å². The lowest BCUT2D eigenvalue weighted by atomic mass is 10.2. The van der Waals surface area contributed by atoms with Crippen molar-refractivity contribution in [2.45, 2.75) is 6.54 Å². The van der Waals surface area contributed by atoms with E-state index >= 15 is 0 Å². The largest absolute Gasteiger partial charge is 0.379 e. The minimum Gasteiger partial charge on any atom is -0.379 e. The van der Waals surface area contributed by atoms with Crippen molar-refractivity contribution < 1.29 is 4.79 Å². The molecule has 19 heavy (non-hydrogen) atoms. The number of hydrogen-bond acceptors (Lipinski definition) is 3. The molecule has 0 saturated heterocycles. The molecular weight excluding hydrogens is 242 g/mol. The first-order valence-electron chi connectivity index (χ1n) is 5.98. The van der Waals surface area contributed by atoms with Crippen molar-refractivity contribution in [2.24, 2.45) is 7.05 Å². The summed E-state index contributed by atoms with van der Waals surface area (Å²) in [6.07, 6.45) is 1.77. The van der Waals surface area contributed by atoms with E-state index in [1.807, 2.05) is 42.1 Å². The molecule has 0 spiro atoms. The molecule has 6 heteroatoms. The number of carbonyl (C=O) groups is 1. The molecule has 0 fully saturated rings. The van der Waals surface area contributed by atoms with Gasteiger partial charge in [-0.15, -0.1) is 0 Å². The van der Waals surface area contributed by atoms with E-state index in [0.29, 0.717) is 6.54 Å². The highest BCUT2D eigenvalue weighted by Crippen LogP contribution is 2.14. The van der Waals surface area contributed by atoms with Crippen LogP contribution in [-0.2, 0) is 13.6 Å². The molecule has 2 aromatic rings. The van der Waals surface area contributed by atoms with Gasteiger partial charge in [-0.2, -0.15) is 5.10 Å². The molecule has 0 aliphatic heterocycles. The number of rotatable bonds is 4. The van der Waals surface area contributed by atoms with Crippen LogP contribution in [-0.4, -0.2) is 22.9 Å². The lowest BCUT2D eigenvalue weighted by Gasteiger charge is -2.08. The van der Waals surface area contributed by atoms with E-state index in [0.717, 1.165) is 17.1 Å². The Bertz CT molecular complexity index is 546. The molecule has 2 rings (SSSR count). The normalized spacial score (nSPS) is 10.0. The first kappa shape index (κ1) is 12.9. The minimum absolute atomic E-state index is 0.226. The third-order valence-electron chi connectivity index (χ3n) is 2.77. The number of amides is 2. The Morgan fingerprint density at radius 2 is 1.89 bits per heavy atom. The van der Waals surface area contributed by atoms with Crippen LogP contribution in [0.2, 0.25) is 0 Å². The zero-order valence-corrected chi connectivity index (χ0v) is 11.0. The van der Waals surface area contributed by atoms with Gasteiger partial charge in [-0.25, -0.2) is 4.79 Å². The Hall–Kier alpha value is -2.50. The Balaban J connectivity index is 1.92. The molecule has 100 valence electrons. The van der Waals surface area contributed by atoms with Crippen molar-refractivity contribution in [3.8, 4) is 0 Å². The summed E-state index contributed by atoms with van der Waals surface area (Å²) in [5.74, 6) is 0. The number of hydrogen-bond donors (Lipinski definition) is 3. The molecular formula is C13H17N5O. The summed E-state index contributed by atoms with van der Waals surface area (Å²) >= 11 is 0. The van der Waals surface area contributed by atoms with Gasteiger partial charge in [0.2, 0.25) is 0 Å². The van der Waals surface area contributed by atoms with E-state index in [1.54, 1.807) is 13.2 Å². The fourth-order valence-electron chi connectivity index (χ4n) is 1.63.